The first kappa shape index (κ1) is 48.2. The summed E-state index contributed by atoms with van der Waals surface area (Å²) in [5.74, 6) is -0.335. The van der Waals surface area contributed by atoms with E-state index < -0.39 is 29.8 Å². The number of H-pyrrole nitrogens is 1. The van der Waals surface area contributed by atoms with Crippen molar-refractivity contribution < 1.29 is 28.4 Å². The van der Waals surface area contributed by atoms with Gasteiger partial charge in [-0.15, -0.1) is 11.7 Å². The molecule has 364 valence electrons. The number of nitrogens with one attached hydrogen (secondary N) is 2. The Bertz CT molecular complexity index is 2860. The summed E-state index contributed by atoms with van der Waals surface area (Å²) < 4.78 is 24.0. The number of fused-ring (bicyclic) bond motifs is 1. The number of nitrogens with zero attached hydrogens (tertiary/aromatic N) is 10. The van der Waals surface area contributed by atoms with Gasteiger partial charge in [-0.05, 0) is 106 Å². The molecule has 20 heteroatoms. The van der Waals surface area contributed by atoms with Crippen LogP contribution < -0.4 is 15.1 Å². The minimum absolute atomic E-state index is 0.112. The lowest BCUT2D eigenvalue weighted by atomic mass is 9.94. The molecule has 0 radical (unpaired) electrons. The van der Waals surface area contributed by atoms with E-state index in [1.165, 1.54) is 17.3 Å². The number of rotatable bonds is 13. The first-order chi connectivity index (χ1) is 33.1. The molecule has 17 nitrogen and oxygen atoms in total. The van der Waals surface area contributed by atoms with Gasteiger partial charge in [0.15, 0.2) is 0 Å². The number of aromatic amines is 1. The normalized spacial score (nSPS) is 17.2. The van der Waals surface area contributed by atoms with Crippen LogP contribution in [0.4, 0.5) is 20.6 Å². The van der Waals surface area contributed by atoms with E-state index in [-0.39, 0.29) is 35.2 Å². The summed E-state index contributed by atoms with van der Waals surface area (Å²) in [4.78, 5) is 62.6. The summed E-state index contributed by atoms with van der Waals surface area (Å²) in [5.41, 5.74) is 7.16. The van der Waals surface area contributed by atoms with Crippen molar-refractivity contribution in [3.8, 4) is 22.5 Å². The summed E-state index contributed by atoms with van der Waals surface area (Å²) in [5, 5.41) is 22.7. The molecule has 2 aromatic carbocycles. The lowest BCUT2D eigenvalue weighted by Gasteiger charge is -2.38. The first-order valence-electron chi connectivity index (χ1n) is 23.5. The van der Waals surface area contributed by atoms with Crippen LogP contribution in [0.25, 0.3) is 33.5 Å². The SMILES string of the molecule is Cc1nn(C2CCN(CC3CCN(c4ccc(N5CCC(=O)NC5=O)cc4)CC3)CC2)c(C)c1-c1cc2c(-c3cc(CO)c([C@@H](C)N(CSS)C(=O)c4noc(C(C)(C)C)n4)cc3F)ncnc2[nH]1. The highest BCUT2D eigenvalue weighted by Gasteiger charge is 2.33. The van der Waals surface area contributed by atoms with E-state index in [2.05, 4.69) is 75.6 Å². The molecule has 3 saturated heterocycles. The van der Waals surface area contributed by atoms with Crippen LogP contribution >= 0.6 is 22.5 Å². The number of aromatic nitrogens is 7. The van der Waals surface area contributed by atoms with Crippen molar-refractivity contribution in [3.05, 3.63) is 88.8 Å². The Hall–Kier alpha value is -5.83. The van der Waals surface area contributed by atoms with Gasteiger partial charge in [0.2, 0.25) is 11.8 Å². The standard InChI is InChI=1S/C49H59FN12O5S2/c1-28-42(30(3)62(56-28)35-13-16-58(17-14-35)24-31-11-18-59(19-12-31)33-7-9-34(10-8-33)60-20-15-41(64)54-48(60)66)40-23-38-43(51-26-52-44(38)53-40)37-21-32(25-63)36(22-39(37)50)29(2)61(27-69-68)46(65)45-55-47(67-57-45)49(4,5)6/h7-10,21-23,26,29,31,35,63,68H,11-20,24-25,27H2,1-6H3,(H,51,52,53)(H,54,64,66)/t29-/m1/s1. The number of aliphatic hydroxyl groups is 1. The number of likely N-dealkylation sites (tertiary alicyclic amines) is 1. The Labute approximate surface area is 409 Å². The number of urea groups is 1. The molecule has 3 N–H and O–H groups in total. The van der Waals surface area contributed by atoms with E-state index in [9.17, 15) is 19.5 Å². The average molecular weight is 979 g/mol. The molecule has 7 heterocycles. The zero-order chi connectivity index (χ0) is 48.7. The second-order valence-corrected chi connectivity index (χ2v) is 20.8. The minimum Gasteiger partial charge on any atom is -0.392 e. The number of imide groups is 1. The monoisotopic (exact) mass is 978 g/mol. The number of aryl methyl sites for hydroxylation is 1. The molecular weight excluding hydrogens is 920 g/mol. The molecule has 0 spiro atoms. The maximum absolute atomic E-state index is 16.5. The predicted octanol–water partition coefficient (Wildman–Crippen LogP) is 8.16. The number of anilines is 2. The summed E-state index contributed by atoms with van der Waals surface area (Å²) >= 11 is 4.31. The number of halogens is 1. The van der Waals surface area contributed by atoms with Crippen molar-refractivity contribution in [2.24, 2.45) is 5.92 Å². The molecule has 4 aromatic heterocycles. The largest absolute Gasteiger partial charge is 0.392 e. The van der Waals surface area contributed by atoms with E-state index in [4.69, 9.17) is 9.62 Å². The number of carbonyl (C=O) groups excluding carboxylic acids is 3. The van der Waals surface area contributed by atoms with Crippen LogP contribution in [0, 0.1) is 25.6 Å². The zero-order valence-corrected chi connectivity index (χ0v) is 41.5. The number of aliphatic hydroxyl groups excluding tert-OH is 1. The molecule has 0 aliphatic carbocycles. The quantitative estimate of drug-likeness (QED) is 0.0493. The summed E-state index contributed by atoms with van der Waals surface area (Å²) in [6.45, 7) is 16.6. The maximum Gasteiger partial charge on any atom is 0.328 e. The second kappa shape index (κ2) is 19.9. The highest BCUT2D eigenvalue weighted by atomic mass is 33.1. The van der Waals surface area contributed by atoms with Crippen molar-refractivity contribution in [2.45, 2.75) is 97.8 Å². The van der Waals surface area contributed by atoms with Gasteiger partial charge < -0.3 is 29.3 Å². The van der Waals surface area contributed by atoms with Crippen molar-refractivity contribution in [1.82, 2.24) is 50.0 Å². The van der Waals surface area contributed by atoms with Gasteiger partial charge in [0.1, 0.15) is 17.8 Å². The lowest BCUT2D eigenvalue weighted by Crippen LogP contribution is -2.49. The third kappa shape index (κ3) is 9.85. The van der Waals surface area contributed by atoms with Crippen LogP contribution in [-0.2, 0) is 16.8 Å². The van der Waals surface area contributed by atoms with Crippen molar-refractivity contribution in [1.29, 1.82) is 0 Å². The van der Waals surface area contributed by atoms with Crippen LogP contribution in [0.1, 0.15) is 111 Å². The number of hydrogen-bond donors (Lipinski definition) is 4. The Balaban J connectivity index is 0.849. The van der Waals surface area contributed by atoms with Gasteiger partial charge >= 0.3 is 6.03 Å². The number of thiol groups is 1. The van der Waals surface area contributed by atoms with Crippen LogP contribution in [0.15, 0.2) is 53.3 Å². The van der Waals surface area contributed by atoms with Gasteiger partial charge in [-0.3, -0.25) is 24.5 Å². The molecule has 3 aliphatic heterocycles. The lowest BCUT2D eigenvalue weighted by molar-refractivity contribution is -0.120. The summed E-state index contributed by atoms with van der Waals surface area (Å²) in [6, 6.07) is 12.2. The molecule has 0 bridgehead atoms. The van der Waals surface area contributed by atoms with Crippen LogP contribution in [0.3, 0.4) is 0 Å². The summed E-state index contributed by atoms with van der Waals surface area (Å²) in [7, 11) is 1.12. The van der Waals surface area contributed by atoms with Gasteiger partial charge in [-0.25, -0.2) is 19.2 Å². The number of carbonyl (C=O) groups is 3. The Kier molecular flexibility index (Phi) is 13.9. The van der Waals surface area contributed by atoms with Crippen LogP contribution in [-0.4, -0.2) is 113 Å². The predicted molar refractivity (Wildman–Crippen MR) is 267 cm³/mol. The van der Waals surface area contributed by atoms with E-state index in [1.807, 2.05) is 45.9 Å². The average Bonchev–Trinajstić information content (AvgIpc) is 4.08. The van der Waals surface area contributed by atoms with Crippen molar-refractivity contribution in [2.75, 3.05) is 54.9 Å². The molecule has 0 unspecified atom stereocenters. The topological polar surface area (TPSA) is 195 Å². The van der Waals surface area contributed by atoms with Gasteiger partial charge in [0.25, 0.3) is 11.7 Å². The number of hydrogen-bond acceptors (Lipinski definition) is 14. The molecule has 3 fully saturated rings. The van der Waals surface area contributed by atoms with Crippen molar-refractivity contribution in [3.63, 3.8) is 0 Å². The Morgan fingerprint density at radius 3 is 2.41 bits per heavy atom. The highest BCUT2D eigenvalue weighted by molar-refractivity contribution is 8.68. The third-order valence-electron chi connectivity index (χ3n) is 13.9. The molecule has 3 aliphatic rings. The molecule has 1 atom stereocenters. The number of amides is 4. The van der Waals surface area contributed by atoms with E-state index >= 15 is 4.39 Å². The third-order valence-corrected chi connectivity index (χ3v) is 14.7. The smallest absolute Gasteiger partial charge is 0.328 e. The van der Waals surface area contributed by atoms with E-state index in [1.54, 1.807) is 17.9 Å². The zero-order valence-electron chi connectivity index (χ0n) is 39.8. The van der Waals surface area contributed by atoms with Gasteiger partial charge in [0.05, 0.1) is 41.6 Å². The maximum atomic E-state index is 16.5. The van der Waals surface area contributed by atoms with Crippen molar-refractivity contribution >= 4 is 62.7 Å². The molecule has 6 aromatic rings. The molecule has 9 rings (SSSR count). The molecular formula is C49H59FN12O5S2. The van der Waals surface area contributed by atoms with Crippen LogP contribution in [0.2, 0.25) is 0 Å². The number of piperidine rings is 2. The van der Waals surface area contributed by atoms with Crippen LogP contribution in [0.5, 0.6) is 0 Å². The van der Waals surface area contributed by atoms with E-state index in [0.717, 1.165) is 103 Å². The summed E-state index contributed by atoms with van der Waals surface area (Å²) in [6.07, 6.45) is 5.93. The fraction of sp³-hybridized carbons (Fsp3) is 0.469. The molecule has 4 amide bonds. The Morgan fingerprint density at radius 2 is 1.74 bits per heavy atom. The Morgan fingerprint density at radius 1 is 1.01 bits per heavy atom. The van der Waals surface area contributed by atoms with E-state index in [0.29, 0.717) is 52.6 Å². The van der Waals surface area contributed by atoms with Gasteiger partial charge in [-0.2, -0.15) is 10.1 Å². The molecule has 0 saturated carbocycles. The van der Waals surface area contributed by atoms with Gasteiger partial charge in [0, 0.05) is 84.7 Å². The fourth-order valence-corrected chi connectivity index (χ4v) is 10.9. The first-order valence-corrected chi connectivity index (χ1v) is 25.6. The molecule has 69 heavy (non-hydrogen) atoms. The van der Waals surface area contributed by atoms with Gasteiger partial charge in [-0.1, -0.05) is 36.7 Å². The number of benzene rings is 2. The minimum atomic E-state index is -0.686. The second-order valence-electron chi connectivity index (χ2n) is 19.5. The fourth-order valence-electron chi connectivity index (χ4n) is 10.1. The highest BCUT2D eigenvalue weighted by Crippen LogP contribution is 2.38.